The molecule has 2 aromatic carbocycles. The summed E-state index contributed by atoms with van der Waals surface area (Å²) >= 11 is 0. The van der Waals surface area contributed by atoms with Crippen LogP contribution in [-0.4, -0.2) is 32.2 Å². The molecule has 1 unspecified atom stereocenters. The zero-order chi connectivity index (χ0) is 21.1. The number of hydrogen-bond donors (Lipinski definition) is 0. The van der Waals surface area contributed by atoms with Crippen molar-refractivity contribution in [2.45, 2.75) is 17.9 Å². The predicted octanol–water partition coefficient (Wildman–Crippen LogP) is 3.21. The molecule has 0 radical (unpaired) electrons. The Balaban J connectivity index is 1.51. The number of nitrogens with zero attached hydrogens (tertiary/aromatic N) is 2. The Bertz CT molecular complexity index is 1210. The smallest absolute Gasteiger partial charge is 0.261 e. The molecular weight excluding hydrogens is 396 g/mol. The number of benzene rings is 2. The Morgan fingerprint density at radius 2 is 1.60 bits per heavy atom. The van der Waals surface area contributed by atoms with Gasteiger partial charge in [0.2, 0.25) is 0 Å². The van der Waals surface area contributed by atoms with Crippen LogP contribution in [0.1, 0.15) is 37.4 Å². The van der Waals surface area contributed by atoms with Gasteiger partial charge in [-0.15, -0.1) is 0 Å². The van der Waals surface area contributed by atoms with Gasteiger partial charge in [0, 0.05) is 46.3 Å². The molecule has 0 bridgehead atoms. The van der Waals surface area contributed by atoms with E-state index in [1.54, 1.807) is 61.1 Å². The maximum absolute atomic E-state index is 12.8. The minimum Gasteiger partial charge on any atom is -0.270 e. The van der Waals surface area contributed by atoms with Crippen molar-refractivity contribution in [3.63, 3.8) is 0 Å². The monoisotopic (exact) mass is 414 g/mol. The number of imide groups is 1. The molecule has 30 heavy (non-hydrogen) atoms. The standard InChI is InChI=1S/C24H18N2O3S/c1-30(29)20-8-5-19(6-9-20)16-26-23(27)21-10-7-18(15-22(21)24(26)28)4-2-3-17-11-13-25-14-12-17/h5-15H,3,16H2,1H3. The van der Waals surface area contributed by atoms with Crippen molar-refractivity contribution in [3.8, 4) is 11.8 Å². The van der Waals surface area contributed by atoms with Crippen LogP contribution in [0.2, 0.25) is 0 Å². The van der Waals surface area contributed by atoms with E-state index in [0.717, 1.165) is 11.1 Å². The molecule has 1 aromatic heterocycles. The minimum absolute atomic E-state index is 0.173. The average Bonchev–Trinajstić information content (AvgIpc) is 2.99. The van der Waals surface area contributed by atoms with Gasteiger partial charge in [0.15, 0.2) is 0 Å². The topological polar surface area (TPSA) is 67.3 Å². The highest BCUT2D eigenvalue weighted by atomic mass is 32.2. The second-order valence-corrected chi connectivity index (χ2v) is 8.27. The SMILES string of the molecule is CS(=O)c1ccc(CN2C(=O)c3ccc(C#CCc4ccncc4)cc3C2=O)cc1. The van der Waals surface area contributed by atoms with Gasteiger partial charge < -0.3 is 0 Å². The van der Waals surface area contributed by atoms with E-state index in [-0.39, 0.29) is 18.4 Å². The Morgan fingerprint density at radius 3 is 2.30 bits per heavy atom. The maximum Gasteiger partial charge on any atom is 0.261 e. The molecule has 1 aliphatic rings. The summed E-state index contributed by atoms with van der Waals surface area (Å²) in [5.74, 6) is 5.51. The van der Waals surface area contributed by atoms with Gasteiger partial charge in [-0.2, -0.15) is 0 Å². The number of carbonyl (C=O) groups is 2. The third-order valence-corrected chi connectivity index (χ3v) is 5.78. The number of fused-ring (bicyclic) bond motifs is 1. The summed E-state index contributed by atoms with van der Waals surface area (Å²) in [7, 11) is -1.07. The molecule has 148 valence electrons. The van der Waals surface area contributed by atoms with E-state index in [1.165, 1.54) is 4.90 Å². The number of amides is 2. The fourth-order valence-electron chi connectivity index (χ4n) is 3.23. The first-order valence-electron chi connectivity index (χ1n) is 9.33. The van der Waals surface area contributed by atoms with E-state index in [0.29, 0.717) is 28.0 Å². The van der Waals surface area contributed by atoms with Crippen molar-refractivity contribution < 1.29 is 13.8 Å². The molecule has 3 aromatic rings. The molecule has 0 saturated heterocycles. The number of rotatable bonds is 4. The molecule has 0 aliphatic carbocycles. The number of pyridine rings is 1. The lowest BCUT2D eigenvalue weighted by Gasteiger charge is -2.14. The van der Waals surface area contributed by atoms with Crippen molar-refractivity contribution >= 4 is 22.6 Å². The molecule has 4 rings (SSSR count). The zero-order valence-corrected chi connectivity index (χ0v) is 17.1. The normalized spacial score (nSPS) is 13.6. The van der Waals surface area contributed by atoms with Gasteiger partial charge in [-0.25, -0.2) is 0 Å². The Kier molecular flexibility index (Phi) is 5.55. The van der Waals surface area contributed by atoms with Crippen LogP contribution >= 0.6 is 0 Å². The molecule has 1 atom stereocenters. The van der Waals surface area contributed by atoms with Gasteiger partial charge in [-0.1, -0.05) is 24.0 Å². The zero-order valence-electron chi connectivity index (χ0n) is 16.3. The quantitative estimate of drug-likeness (QED) is 0.486. The summed E-state index contributed by atoms with van der Waals surface area (Å²) in [4.78, 5) is 31.5. The van der Waals surface area contributed by atoms with E-state index >= 15 is 0 Å². The Labute approximate surface area is 177 Å². The van der Waals surface area contributed by atoms with Gasteiger partial charge in [-0.05, 0) is 53.6 Å². The molecule has 0 N–H and O–H groups in total. The lowest BCUT2D eigenvalue weighted by atomic mass is 10.1. The van der Waals surface area contributed by atoms with Crippen molar-refractivity contribution in [2.75, 3.05) is 6.26 Å². The first-order valence-corrected chi connectivity index (χ1v) is 10.9. The van der Waals surface area contributed by atoms with Gasteiger partial charge in [-0.3, -0.25) is 23.7 Å². The Hall–Kier alpha value is -3.56. The van der Waals surface area contributed by atoms with Crippen LogP contribution in [0.5, 0.6) is 0 Å². The van der Waals surface area contributed by atoms with E-state index in [9.17, 15) is 13.8 Å². The fraction of sp³-hybridized carbons (Fsp3) is 0.125. The van der Waals surface area contributed by atoms with Crippen LogP contribution in [-0.2, 0) is 23.8 Å². The van der Waals surface area contributed by atoms with Crippen molar-refractivity contribution in [2.24, 2.45) is 0 Å². The van der Waals surface area contributed by atoms with Gasteiger partial charge in [0.25, 0.3) is 11.8 Å². The van der Waals surface area contributed by atoms with Gasteiger partial charge >= 0.3 is 0 Å². The second-order valence-electron chi connectivity index (χ2n) is 6.89. The van der Waals surface area contributed by atoms with Crippen molar-refractivity contribution in [1.29, 1.82) is 0 Å². The van der Waals surface area contributed by atoms with Crippen LogP contribution in [0.15, 0.2) is 71.9 Å². The summed E-state index contributed by atoms with van der Waals surface area (Å²) in [6, 6.07) is 16.0. The van der Waals surface area contributed by atoms with Gasteiger partial charge in [0.1, 0.15) is 0 Å². The third-order valence-electron chi connectivity index (χ3n) is 4.84. The van der Waals surface area contributed by atoms with Gasteiger partial charge in [0.05, 0.1) is 17.7 Å². The first kappa shape index (κ1) is 19.7. The van der Waals surface area contributed by atoms with Crippen LogP contribution < -0.4 is 0 Å². The van der Waals surface area contributed by atoms with E-state index in [1.807, 2.05) is 12.1 Å². The predicted molar refractivity (Wildman–Crippen MR) is 114 cm³/mol. The number of hydrogen-bond acceptors (Lipinski definition) is 4. The summed E-state index contributed by atoms with van der Waals surface area (Å²) in [6.45, 7) is 0.173. The van der Waals surface area contributed by atoms with Crippen molar-refractivity contribution in [1.82, 2.24) is 9.88 Å². The van der Waals surface area contributed by atoms with Crippen LogP contribution in [0.3, 0.4) is 0 Å². The summed E-state index contributed by atoms with van der Waals surface area (Å²) in [6.07, 6.45) is 5.63. The molecule has 0 spiro atoms. The van der Waals surface area contributed by atoms with E-state index in [4.69, 9.17) is 0 Å². The fourth-order valence-corrected chi connectivity index (χ4v) is 3.75. The highest BCUT2D eigenvalue weighted by molar-refractivity contribution is 7.84. The third kappa shape index (κ3) is 4.07. The first-order chi connectivity index (χ1) is 14.5. The van der Waals surface area contributed by atoms with Crippen LogP contribution in [0.25, 0.3) is 0 Å². The molecule has 2 heterocycles. The molecule has 0 saturated carbocycles. The summed E-state index contributed by atoms with van der Waals surface area (Å²) in [5, 5.41) is 0. The van der Waals surface area contributed by atoms with Crippen LogP contribution in [0, 0.1) is 11.8 Å². The Morgan fingerprint density at radius 1 is 0.900 bits per heavy atom. The second kappa shape index (κ2) is 8.44. The summed E-state index contributed by atoms with van der Waals surface area (Å²) < 4.78 is 11.5. The van der Waals surface area contributed by atoms with E-state index < -0.39 is 10.8 Å². The molecule has 1 aliphatic heterocycles. The largest absolute Gasteiger partial charge is 0.270 e. The highest BCUT2D eigenvalue weighted by Crippen LogP contribution is 2.25. The van der Waals surface area contributed by atoms with Crippen molar-refractivity contribution in [3.05, 3.63) is 94.8 Å². The lowest BCUT2D eigenvalue weighted by molar-refractivity contribution is 0.0642. The average molecular weight is 414 g/mol. The minimum atomic E-state index is -1.07. The number of carbonyl (C=O) groups excluding carboxylic acids is 2. The summed E-state index contributed by atoms with van der Waals surface area (Å²) in [5.41, 5.74) is 3.33. The lowest BCUT2D eigenvalue weighted by Crippen LogP contribution is -2.29. The molecular formula is C24H18N2O3S. The molecule has 5 nitrogen and oxygen atoms in total. The maximum atomic E-state index is 12.8. The van der Waals surface area contributed by atoms with Crippen LogP contribution in [0.4, 0.5) is 0 Å². The van der Waals surface area contributed by atoms with E-state index in [2.05, 4.69) is 16.8 Å². The number of aromatic nitrogens is 1. The highest BCUT2D eigenvalue weighted by Gasteiger charge is 2.35. The molecule has 0 fully saturated rings. The molecule has 6 heteroatoms. The molecule has 2 amide bonds.